The summed E-state index contributed by atoms with van der Waals surface area (Å²) in [5.41, 5.74) is 5.58. The van der Waals surface area contributed by atoms with Gasteiger partial charge in [-0.05, 0) is 36.6 Å². The first kappa shape index (κ1) is 34.6. The fraction of sp³-hybridized carbons (Fsp3) is 0.289. The summed E-state index contributed by atoms with van der Waals surface area (Å²) < 4.78 is 5.64. The SMILES string of the molecule is COc1nc(-c2cccc(-c3cccc(-c4ccc5nc(CNC[C@@H]6CCC(=O)N6)[nH]c(=O)c5c4)c3Cl)c2Cl)ccc1CNC[C@@H]1CCC(=O)N1. The number of H-pyrrole nitrogens is 1. The van der Waals surface area contributed by atoms with Crippen LogP contribution in [-0.4, -0.2) is 59.0 Å². The highest BCUT2D eigenvalue weighted by Gasteiger charge is 2.22. The van der Waals surface area contributed by atoms with Crippen LogP contribution >= 0.6 is 23.2 Å². The van der Waals surface area contributed by atoms with Crippen LogP contribution in [0.4, 0.5) is 0 Å². The molecule has 3 aromatic carbocycles. The molecule has 0 unspecified atom stereocenters. The van der Waals surface area contributed by atoms with Crippen LogP contribution in [0.1, 0.15) is 37.1 Å². The molecule has 2 aromatic heterocycles. The Morgan fingerprint density at radius 3 is 2.04 bits per heavy atom. The van der Waals surface area contributed by atoms with E-state index in [0.29, 0.717) is 77.4 Å². The highest BCUT2D eigenvalue weighted by molar-refractivity contribution is 6.39. The molecule has 2 aliphatic heterocycles. The predicted molar refractivity (Wildman–Crippen MR) is 199 cm³/mol. The molecule has 0 aliphatic carbocycles. The van der Waals surface area contributed by atoms with E-state index >= 15 is 0 Å². The minimum Gasteiger partial charge on any atom is -0.481 e. The number of hydrogen-bond donors (Lipinski definition) is 5. The molecule has 4 heterocycles. The van der Waals surface area contributed by atoms with Gasteiger partial charge in [0.2, 0.25) is 17.7 Å². The van der Waals surface area contributed by atoms with E-state index < -0.39 is 0 Å². The van der Waals surface area contributed by atoms with Gasteiger partial charge < -0.3 is 31.0 Å². The zero-order chi connectivity index (χ0) is 35.5. The van der Waals surface area contributed by atoms with E-state index in [1.807, 2.05) is 60.7 Å². The highest BCUT2D eigenvalue weighted by atomic mass is 35.5. The van der Waals surface area contributed by atoms with Crippen molar-refractivity contribution >= 4 is 45.9 Å². The highest BCUT2D eigenvalue weighted by Crippen LogP contribution is 2.42. The van der Waals surface area contributed by atoms with Crippen LogP contribution in [0.15, 0.2) is 71.5 Å². The molecule has 5 N–H and O–H groups in total. The maximum Gasteiger partial charge on any atom is 0.258 e. The number of ether oxygens (including phenoxy) is 1. The lowest BCUT2D eigenvalue weighted by molar-refractivity contribution is -0.120. The van der Waals surface area contributed by atoms with Gasteiger partial charge in [0.15, 0.2) is 0 Å². The van der Waals surface area contributed by atoms with Crippen molar-refractivity contribution in [3.05, 3.63) is 98.5 Å². The van der Waals surface area contributed by atoms with Crippen LogP contribution in [0.5, 0.6) is 5.88 Å². The van der Waals surface area contributed by atoms with Crippen LogP contribution in [0.25, 0.3) is 44.4 Å². The van der Waals surface area contributed by atoms with Gasteiger partial charge in [0, 0.05) is 72.4 Å². The first-order valence-corrected chi connectivity index (χ1v) is 17.7. The number of fused-ring (bicyclic) bond motifs is 1. The summed E-state index contributed by atoms with van der Waals surface area (Å²) in [6, 6.07) is 21.1. The number of nitrogens with one attached hydrogen (secondary N) is 5. The molecule has 2 aliphatic rings. The molecule has 51 heavy (non-hydrogen) atoms. The van der Waals surface area contributed by atoms with E-state index in [1.165, 1.54) is 0 Å². The molecule has 0 spiro atoms. The third kappa shape index (κ3) is 7.62. The zero-order valence-electron chi connectivity index (χ0n) is 27.9. The van der Waals surface area contributed by atoms with Crippen LogP contribution in [0.3, 0.4) is 0 Å². The number of halogens is 2. The lowest BCUT2D eigenvalue weighted by atomic mass is 9.96. The fourth-order valence-corrected chi connectivity index (χ4v) is 7.34. The maximum absolute atomic E-state index is 13.2. The summed E-state index contributed by atoms with van der Waals surface area (Å²) >= 11 is 14.2. The van der Waals surface area contributed by atoms with Crippen molar-refractivity contribution in [1.29, 1.82) is 0 Å². The summed E-state index contributed by atoms with van der Waals surface area (Å²) in [6.45, 7) is 2.18. The van der Waals surface area contributed by atoms with Crippen molar-refractivity contribution < 1.29 is 14.3 Å². The van der Waals surface area contributed by atoms with Crippen LogP contribution in [-0.2, 0) is 22.7 Å². The second-order valence-corrected chi connectivity index (χ2v) is 13.6. The van der Waals surface area contributed by atoms with Gasteiger partial charge in [-0.1, -0.05) is 71.7 Å². The van der Waals surface area contributed by atoms with E-state index in [9.17, 15) is 14.4 Å². The summed E-state index contributed by atoms with van der Waals surface area (Å²) in [6.07, 6.45) is 2.72. The average molecular weight is 727 g/mol. The Kier molecular flexibility index (Phi) is 10.3. The van der Waals surface area contributed by atoms with Crippen molar-refractivity contribution in [2.45, 2.75) is 50.9 Å². The van der Waals surface area contributed by atoms with Gasteiger partial charge in [-0.3, -0.25) is 14.4 Å². The van der Waals surface area contributed by atoms with Crippen molar-refractivity contribution in [2.75, 3.05) is 20.2 Å². The molecule has 7 rings (SSSR count). The van der Waals surface area contributed by atoms with E-state index in [4.69, 9.17) is 32.9 Å². The quantitative estimate of drug-likeness (QED) is 0.115. The molecule has 0 saturated carbocycles. The minimum absolute atomic E-state index is 0.0652. The Bertz CT molecular complexity index is 2190. The van der Waals surface area contributed by atoms with Crippen LogP contribution < -0.4 is 31.6 Å². The number of rotatable bonds is 12. The van der Waals surface area contributed by atoms with Crippen molar-refractivity contribution in [1.82, 2.24) is 36.2 Å². The van der Waals surface area contributed by atoms with Gasteiger partial charge in [0.25, 0.3) is 5.56 Å². The molecule has 13 heteroatoms. The number of carbonyl (C=O) groups is 2. The monoisotopic (exact) mass is 725 g/mol. The molecule has 5 aromatic rings. The van der Waals surface area contributed by atoms with Crippen LogP contribution in [0.2, 0.25) is 10.0 Å². The molecule has 2 atom stereocenters. The summed E-state index contributed by atoms with van der Waals surface area (Å²) in [5, 5.41) is 14.0. The number of aromatic amines is 1. The van der Waals surface area contributed by atoms with Gasteiger partial charge in [0.05, 0.1) is 40.3 Å². The molecular weight excluding hydrogens is 689 g/mol. The summed E-state index contributed by atoms with van der Waals surface area (Å²) in [4.78, 5) is 48.4. The fourth-order valence-electron chi connectivity index (χ4n) is 6.68. The molecule has 0 radical (unpaired) electrons. The van der Waals surface area contributed by atoms with Gasteiger partial charge in [-0.15, -0.1) is 0 Å². The number of pyridine rings is 1. The number of hydrogen-bond acceptors (Lipinski definition) is 8. The van der Waals surface area contributed by atoms with Crippen LogP contribution in [0, 0.1) is 0 Å². The van der Waals surface area contributed by atoms with E-state index in [2.05, 4.69) is 31.2 Å². The molecular formula is C38H37Cl2N7O4. The average Bonchev–Trinajstić information content (AvgIpc) is 3.75. The number of amides is 2. The van der Waals surface area contributed by atoms with Crippen molar-refractivity contribution in [2.24, 2.45) is 0 Å². The standard InChI is InChI=1S/C38H37Cl2N7O4/c1-51-38-22(17-41-18-23-10-14-33(48)43-23)9-13-30(46-38)28-7-3-6-27(36(28)40)26-5-2-4-25(35(26)39)21-8-12-31-29(16-21)37(50)47-32(45-31)20-42-19-24-11-15-34(49)44-24/h2-9,12-13,16,23-24,41-42H,10-11,14-15,17-20H2,1H3,(H,43,48)(H,44,49)(H,45,47,50)/t23-,24-/m0/s1. The third-order valence-electron chi connectivity index (χ3n) is 9.32. The summed E-state index contributed by atoms with van der Waals surface area (Å²) in [5.74, 6) is 1.16. The molecule has 262 valence electrons. The lowest BCUT2D eigenvalue weighted by Crippen LogP contribution is -2.35. The number of nitrogens with zero attached hydrogens (tertiary/aromatic N) is 2. The zero-order valence-corrected chi connectivity index (χ0v) is 29.5. The molecule has 2 saturated heterocycles. The third-order valence-corrected chi connectivity index (χ3v) is 10.1. The Morgan fingerprint density at radius 1 is 0.765 bits per heavy atom. The first-order chi connectivity index (χ1) is 24.8. The van der Waals surface area contributed by atoms with Gasteiger partial charge in [-0.2, -0.15) is 0 Å². The number of methoxy groups -OCH3 is 1. The number of benzene rings is 3. The Morgan fingerprint density at radius 2 is 1.39 bits per heavy atom. The molecule has 2 amide bonds. The van der Waals surface area contributed by atoms with E-state index in [-0.39, 0.29) is 29.5 Å². The van der Waals surface area contributed by atoms with Gasteiger partial charge in [0.1, 0.15) is 5.82 Å². The smallest absolute Gasteiger partial charge is 0.258 e. The molecule has 0 bridgehead atoms. The second-order valence-electron chi connectivity index (χ2n) is 12.8. The minimum atomic E-state index is -0.247. The van der Waals surface area contributed by atoms with E-state index in [0.717, 1.165) is 46.2 Å². The number of aromatic nitrogens is 3. The Labute approximate surface area is 304 Å². The molecule has 11 nitrogen and oxygen atoms in total. The lowest BCUT2D eigenvalue weighted by Gasteiger charge is -2.16. The largest absolute Gasteiger partial charge is 0.481 e. The first-order valence-electron chi connectivity index (χ1n) is 16.9. The topological polar surface area (TPSA) is 150 Å². The van der Waals surface area contributed by atoms with Gasteiger partial charge >= 0.3 is 0 Å². The van der Waals surface area contributed by atoms with Crippen molar-refractivity contribution in [3.63, 3.8) is 0 Å². The van der Waals surface area contributed by atoms with E-state index in [1.54, 1.807) is 13.2 Å². The predicted octanol–water partition coefficient (Wildman–Crippen LogP) is 5.37. The van der Waals surface area contributed by atoms with Gasteiger partial charge in [-0.25, -0.2) is 9.97 Å². The second kappa shape index (κ2) is 15.2. The maximum atomic E-state index is 13.2. The van der Waals surface area contributed by atoms with Crippen molar-refractivity contribution in [3.8, 4) is 39.4 Å². The summed E-state index contributed by atoms with van der Waals surface area (Å²) in [7, 11) is 1.59. The normalized spacial score (nSPS) is 17.2. The Balaban J connectivity index is 1.10. The Hall–Kier alpha value is -4.81. The molecule has 2 fully saturated rings. The number of carbonyl (C=O) groups excluding carboxylic acids is 2.